The highest BCUT2D eigenvalue weighted by Gasteiger charge is 2.25. The molecule has 7 nitrogen and oxygen atoms in total. The molecule has 1 fully saturated rings. The van der Waals surface area contributed by atoms with Gasteiger partial charge < -0.3 is 14.6 Å². The summed E-state index contributed by atoms with van der Waals surface area (Å²) < 4.78 is 19.0. The number of nitro groups is 1. The van der Waals surface area contributed by atoms with E-state index in [1.165, 1.54) is 18.4 Å². The maximum absolute atomic E-state index is 13.9. The second-order valence-electron chi connectivity index (χ2n) is 5.61. The minimum absolute atomic E-state index is 0.00149. The van der Waals surface area contributed by atoms with E-state index in [1.54, 1.807) is 17.0 Å². The van der Waals surface area contributed by atoms with E-state index in [4.69, 9.17) is 4.42 Å². The first-order chi connectivity index (χ1) is 11.5. The number of non-ortho nitro benzene ring substituents is 1. The lowest BCUT2D eigenvalue weighted by atomic mass is 10.0. The zero-order chi connectivity index (χ0) is 17.1. The first kappa shape index (κ1) is 16.0. The van der Waals surface area contributed by atoms with Crippen molar-refractivity contribution in [2.24, 2.45) is 0 Å². The van der Waals surface area contributed by atoms with Crippen molar-refractivity contribution >= 4 is 17.3 Å². The summed E-state index contributed by atoms with van der Waals surface area (Å²) in [6, 6.07) is 6.83. The minimum atomic E-state index is -0.654. The fourth-order valence-corrected chi connectivity index (χ4v) is 2.74. The molecule has 1 amide bonds. The second kappa shape index (κ2) is 6.69. The molecule has 0 aliphatic carbocycles. The van der Waals surface area contributed by atoms with Crippen LogP contribution < -0.4 is 5.32 Å². The molecule has 0 atom stereocenters. The van der Waals surface area contributed by atoms with Crippen LogP contribution in [0.2, 0.25) is 0 Å². The lowest BCUT2D eigenvalue weighted by Gasteiger charge is -2.32. The Bertz CT molecular complexity index is 740. The van der Waals surface area contributed by atoms with Gasteiger partial charge in [-0.1, -0.05) is 0 Å². The highest BCUT2D eigenvalue weighted by atomic mass is 19.1. The second-order valence-corrected chi connectivity index (χ2v) is 5.61. The predicted molar refractivity (Wildman–Crippen MR) is 84.3 cm³/mol. The number of carbonyl (C=O) groups is 1. The lowest BCUT2D eigenvalue weighted by molar-refractivity contribution is -0.385. The Morgan fingerprint density at radius 3 is 2.67 bits per heavy atom. The molecule has 8 heteroatoms. The van der Waals surface area contributed by atoms with Crippen LogP contribution >= 0.6 is 0 Å². The van der Waals surface area contributed by atoms with E-state index in [-0.39, 0.29) is 23.3 Å². The van der Waals surface area contributed by atoms with Crippen LogP contribution in [0.15, 0.2) is 41.0 Å². The standard InChI is InChI=1S/C16H16FN3O4/c17-13-10-12(20(22)23)3-4-14(13)18-11-5-7-19(8-6-11)16(21)15-2-1-9-24-15/h1-4,9-11,18H,5-8H2. The molecule has 24 heavy (non-hydrogen) atoms. The first-order valence-electron chi connectivity index (χ1n) is 7.58. The third kappa shape index (κ3) is 3.37. The number of rotatable bonds is 4. The van der Waals surface area contributed by atoms with Crippen LogP contribution in [0.5, 0.6) is 0 Å². The molecule has 1 aliphatic heterocycles. The van der Waals surface area contributed by atoms with Gasteiger partial charge in [0.15, 0.2) is 11.6 Å². The number of piperidine rings is 1. The Balaban J connectivity index is 1.58. The van der Waals surface area contributed by atoms with Crippen molar-refractivity contribution in [3.05, 3.63) is 58.3 Å². The summed E-state index contributed by atoms with van der Waals surface area (Å²) >= 11 is 0. The summed E-state index contributed by atoms with van der Waals surface area (Å²) in [5, 5.41) is 13.7. The van der Waals surface area contributed by atoms with Gasteiger partial charge in [-0.05, 0) is 31.0 Å². The maximum Gasteiger partial charge on any atom is 0.289 e. The minimum Gasteiger partial charge on any atom is -0.459 e. The maximum atomic E-state index is 13.9. The Morgan fingerprint density at radius 1 is 1.33 bits per heavy atom. The van der Waals surface area contributed by atoms with Gasteiger partial charge in [0, 0.05) is 25.2 Å². The number of hydrogen-bond donors (Lipinski definition) is 1. The normalized spacial score (nSPS) is 15.3. The van der Waals surface area contributed by atoms with Gasteiger partial charge >= 0.3 is 0 Å². The van der Waals surface area contributed by atoms with E-state index in [0.717, 1.165) is 6.07 Å². The fourth-order valence-electron chi connectivity index (χ4n) is 2.74. The molecule has 1 saturated heterocycles. The highest BCUT2D eigenvalue weighted by molar-refractivity contribution is 5.91. The fraction of sp³-hybridized carbons (Fsp3) is 0.312. The van der Waals surface area contributed by atoms with Gasteiger partial charge in [0.25, 0.3) is 11.6 Å². The van der Waals surface area contributed by atoms with Crippen LogP contribution in [0.25, 0.3) is 0 Å². The molecule has 1 aliphatic rings. The topological polar surface area (TPSA) is 88.6 Å². The number of nitrogens with zero attached hydrogens (tertiary/aromatic N) is 2. The van der Waals surface area contributed by atoms with Gasteiger partial charge in [-0.25, -0.2) is 4.39 Å². The molecule has 0 bridgehead atoms. The Morgan fingerprint density at radius 2 is 2.08 bits per heavy atom. The molecule has 0 spiro atoms. The molecule has 1 N–H and O–H groups in total. The van der Waals surface area contributed by atoms with Gasteiger partial charge in [0.1, 0.15) is 0 Å². The molecule has 126 valence electrons. The van der Waals surface area contributed by atoms with Crippen LogP contribution in [0, 0.1) is 15.9 Å². The zero-order valence-electron chi connectivity index (χ0n) is 12.8. The van der Waals surface area contributed by atoms with Crippen molar-refractivity contribution in [2.75, 3.05) is 18.4 Å². The quantitative estimate of drug-likeness (QED) is 0.686. The molecular weight excluding hydrogens is 317 g/mol. The third-order valence-corrected chi connectivity index (χ3v) is 4.04. The SMILES string of the molecule is O=C(c1ccco1)N1CCC(Nc2ccc([N+](=O)[O-])cc2F)CC1. The van der Waals surface area contributed by atoms with E-state index >= 15 is 0 Å². The van der Waals surface area contributed by atoms with Gasteiger partial charge in [0.2, 0.25) is 0 Å². The molecule has 0 unspecified atom stereocenters. The summed E-state index contributed by atoms with van der Waals surface area (Å²) in [5.41, 5.74) is -0.0478. The Kier molecular flexibility index (Phi) is 4.45. The number of carbonyl (C=O) groups excluding carboxylic acids is 1. The average Bonchev–Trinajstić information content (AvgIpc) is 3.11. The van der Waals surface area contributed by atoms with E-state index in [1.807, 2.05) is 0 Å². The molecule has 0 saturated carbocycles. The van der Waals surface area contributed by atoms with Crippen LogP contribution in [0.3, 0.4) is 0 Å². The summed E-state index contributed by atoms with van der Waals surface area (Å²) in [6.45, 7) is 1.07. The van der Waals surface area contributed by atoms with Gasteiger partial charge in [-0.15, -0.1) is 0 Å². The number of nitro benzene ring substituents is 1. The smallest absolute Gasteiger partial charge is 0.289 e. The molecule has 1 aromatic carbocycles. The Hall–Kier alpha value is -2.90. The van der Waals surface area contributed by atoms with Gasteiger partial charge in [0.05, 0.1) is 22.9 Å². The number of nitrogens with one attached hydrogen (secondary N) is 1. The predicted octanol–water partition coefficient (Wildman–Crippen LogP) is 3.04. The number of furan rings is 1. The molecular formula is C16H16FN3O4. The van der Waals surface area contributed by atoms with Crippen molar-refractivity contribution in [1.82, 2.24) is 4.90 Å². The molecule has 3 rings (SSSR count). The average molecular weight is 333 g/mol. The van der Waals surface area contributed by atoms with Crippen molar-refractivity contribution in [1.29, 1.82) is 0 Å². The molecule has 0 radical (unpaired) electrons. The van der Waals surface area contributed by atoms with Crippen molar-refractivity contribution in [3.63, 3.8) is 0 Å². The van der Waals surface area contributed by atoms with Crippen molar-refractivity contribution in [2.45, 2.75) is 18.9 Å². The van der Waals surface area contributed by atoms with Crippen LogP contribution in [-0.4, -0.2) is 34.9 Å². The highest BCUT2D eigenvalue weighted by Crippen LogP contribution is 2.24. The van der Waals surface area contributed by atoms with Crippen LogP contribution in [0.1, 0.15) is 23.4 Å². The van der Waals surface area contributed by atoms with Crippen LogP contribution in [-0.2, 0) is 0 Å². The summed E-state index contributed by atoms with van der Waals surface area (Å²) in [5.74, 6) is -0.499. The summed E-state index contributed by atoms with van der Waals surface area (Å²) in [6.07, 6.45) is 2.77. The summed E-state index contributed by atoms with van der Waals surface area (Å²) in [7, 11) is 0. The molecule has 1 aromatic heterocycles. The molecule has 2 heterocycles. The van der Waals surface area contributed by atoms with E-state index in [9.17, 15) is 19.3 Å². The first-order valence-corrected chi connectivity index (χ1v) is 7.58. The number of amides is 1. The van der Waals surface area contributed by atoms with Gasteiger partial charge in [-0.2, -0.15) is 0 Å². The van der Waals surface area contributed by atoms with E-state index < -0.39 is 10.7 Å². The monoisotopic (exact) mass is 333 g/mol. The number of likely N-dealkylation sites (tertiary alicyclic amines) is 1. The van der Waals surface area contributed by atoms with Crippen molar-refractivity contribution < 1.29 is 18.5 Å². The zero-order valence-corrected chi connectivity index (χ0v) is 12.8. The van der Waals surface area contributed by atoms with Crippen LogP contribution in [0.4, 0.5) is 15.8 Å². The number of anilines is 1. The lowest BCUT2D eigenvalue weighted by Crippen LogP contribution is -2.42. The molecule has 2 aromatic rings. The summed E-state index contributed by atoms with van der Waals surface area (Å²) in [4.78, 5) is 23.9. The van der Waals surface area contributed by atoms with Gasteiger partial charge in [-0.3, -0.25) is 14.9 Å². The Labute approximate surface area is 137 Å². The largest absolute Gasteiger partial charge is 0.459 e. The van der Waals surface area contributed by atoms with E-state index in [0.29, 0.717) is 31.7 Å². The van der Waals surface area contributed by atoms with Crippen molar-refractivity contribution in [3.8, 4) is 0 Å². The number of hydrogen-bond acceptors (Lipinski definition) is 5. The number of benzene rings is 1. The number of halogens is 1. The third-order valence-electron chi connectivity index (χ3n) is 4.04. The van der Waals surface area contributed by atoms with E-state index in [2.05, 4.69) is 5.32 Å².